The first-order chi connectivity index (χ1) is 8.74. The predicted octanol–water partition coefficient (Wildman–Crippen LogP) is 3.04. The van der Waals surface area contributed by atoms with Crippen LogP contribution in [-0.2, 0) is 9.59 Å². The van der Waals surface area contributed by atoms with Crippen LogP contribution in [0.15, 0.2) is 0 Å². The van der Waals surface area contributed by atoms with Gasteiger partial charge in [0.1, 0.15) is 0 Å². The SMILES string of the molecule is O=C(O)C[C@@]12CC3CC(Br)(C1)C[C@@](CC(=O)O)(C3)C2. The molecule has 0 spiro atoms. The highest BCUT2D eigenvalue weighted by molar-refractivity contribution is 9.10. The fraction of sp³-hybridized carbons (Fsp3) is 0.857. The summed E-state index contributed by atoms with van der Waals surface area (Å²) in [6.07, 6.45) is 5.96. The van der Waals surface area contributed by atoms with E-state index in [0.29, 0.717) is 5.92 Å². The maximum absolute atomic E-state index is 11.2. The zero-order valence-electron chi connectivity index (χ0n) is 10.8. The minimum atomic E-state index is -0.747. The van der Waals surface area contributed by atoms with Gasteiger partial charge >= 0.3 is 11.9 Å². The van der Waals surface area contributed by atoms with Crippen molar-refractivity contribution in [2.24, 2.45) is 16.7 Å². The Labute approximate surface area is 120 Å². The lowest BCUT2D eigenvalue weighted by molar-refractivity contribution is -0.156. The highest BCUT2D eigenvalue weighted by Gasteiger charge is 2.63. The molecule has 4 aliphatic rings. The van der Waals surface area contributed by atoms with Crippen LogP contribution in [0, 0.1) is 16.7 Å². The number of carbonyl (C=O) groups is 2. The second-order valence-corrected chi connectivity index (χ2v) is 8.98. The number of carboxylic acid groups (broad SMARTS) is 2. The van der Waals surface area contributed by atoms with Crippen molar-refractivity contribution in [3.05, 3.63) is 0 Å². The van der Waals surface area contributed by atoms with Gasteiger partial charge in [-0.25, -0.2) is 0 Å². The van der Waals surface area contributed by atoms with Crippen molar-refractivity contribution in [1.82, 2.24) is 0 Å². The summed E-state index contributed by atoms with van der Waals surface area (Å²) in [5, 5.41) is 18.4. The van der Waals surface area contributed by atoms with E-state index in [4.69, 9.17) is 0 Å². The predicted molar refractivity (Wildman–Crippen MR) is 72.2 cm³/mol. The smallest absolute Gasteiger partial charge is 0.303 e. The van der Waals surface area contributed by atoms with E-state index in [1.807, 2.05) is 0 Å². The Morgan fingerprint density at radius 3 is 1.79 bits per heavy atom. The van der Waals surface area contributed by atoms with Crippen LogP contribution in [0.1, 0.15) is 51.4 Å². The van der Waals surface area contributed by atoms with Crippen LogP contribution in [0.25, 0.3) is 0 Å². The van der Waals surface area contributed by atoms with Crippen molar-refractivity contribution in [2.45, 2.75) is 55.7 Å². The second kappa shape index (κ2) is 3.96. The zero-order valence-corrected chi connectivity index (χ0v) is 12.4. The molecule has 0 amide bonds. The van der Waals surface area contributed by atoms with Crippen LogP contribution in [0.5, 0.6) is 0 Å². The normalized spacial score (nSPS) is 47.3. The van der Waals surface area contributed by atoms with Crippen LogP contribution in [0.2, 0.25) is 0 Å². The molecule has 0 aliphatic heterocycles. The lowest BCUT2D eigenvalue weighted by Crippen LogP contribution is -2.58. The molecule has 4 fully saturated rings. The van der Waals surface area contributed by atoms with Gasteiger partial charge in [-0.1, -0.05) is 15.9 Å². The van der Waals surface area contributed by atoms with E-state index in [9.17, 15) is 19.8 Å². The summed E-state index contributed by atoms with van der Waals surface area (Å²) in [6.45, 7) is 0. The molecule has 19 heavy (non-hydrogen) atoms. The quantitative estimate of drug-likeness (QED) is 0.777. The molecule has 0 saturated heterocycles. The Morgan fingerprint density at radius 2 is 1.42 bits per heavy atom. The first-order valence-corrected chi connectivity index (χ1v) is 7.66. The van der Waals surface area contributed by atoms with Gasteiger partial charge in [0.05, 0.1) is 12.8 Å². The maximum atomic E-state index is 11.2. The molecule has 0 aromatic rings. The van der Waals surface area contributed by atoms with Crippen LogP contribution in [0.4, 0.5) is 0 Å². The highest BCUT2D eigenvalue weighted by atomic mass is 79.9. The van der Waals surface area contributed by atoms with Crippen molar-refractivity contribution >= 4 is 27.9 Å². The summed E-state index contributed by atoms with van der Waals surface area (Å²) in [4.78, 5) is 22.4. The Morgan fingerprint density at radius 1 is 0.947 bits per heavy atom. The molecule has 0 aromatic carbocycles. The molecule has 2 N–H and O–H groups in total. The second-order valence-electron chi connectivity index (χ2n) is 7.30. The van der Waals surface area contributed by atoms with Crippen LogP contribution in [0.3, 0.4) is 0 Å². The summed E-state index contributed by atoms with van der Waals surface area (Å²) < 4.78 is -0.0166. The minimum Gasteiger partial charge on any atom is -0.481 e. The molecule has 0 heterocycles. The van der Waals surface area contributed by atoms with Gasteiger partial charge in [0.25, 0.3) is 0 Å². The van der Waals surface area contributed by atoms with Crippen LogP contribution in [-0.4, -0.2) is 26.5 Å². The number of aliphatic carboxylic acids is 2. The molecule has 106 valence electrons. The third-order valence-electron chi connectivity index (χ3n) is 5.28. The summed E-state index contributed by atoms with van der Waals surface area (Å²) >= 11 is 3.82. The molecule has 4 aliphatic carbocycles. The van der Waals surface area contributed by atoms with Crippen LogP contribution >= 0.6 is 15.9 Å². The Bertz CT molecular complexity index is 415. The topological polar surface area (TPSA) is 74.6 Å². The van der Waals surface area contributed by atoms with Gasteiger partial charge in [0, 0.05) is 4.32 Å². The van der Waals surface area contributed by atoms with E-state index in [0.717, 1.165) is 38.5 Å². The van der Waals surface area contributed by atoms with Crippen molar-refractivity contribution in [2.75, 3.05) is 0 Å². The number of alkyl halides is 1. The van der Waals surface area contributed by atoms with E-state index >= 15 is 0 Å². The number of rotatable bonds is 4. The molecule has 4 saturated carbocycles. The van der Waals surface area contributed by atoms with E-state index in [-0.39, 0.29) is 28.0 Å². The highest BCUT2D eigenvalue weighted by Crippen LogP contribution is 2.70. The van der Waals surface area contributed by atoms with Gasteiger partial charge in [0.2, 0.25) is 0 Å². The molecule has 0 unspecified atom stereocenters. The van der Waals surface area contributed by atoms with E-state index in [2.05, 4.69) is 15.9 Å². The van der Waals surface area contributed by atoms with Gasteiger partial charge < -0.3 is 10.2 Å². The number of hydrogen-bond donors (Lipinski definition) is 2. The van der Waals surface area contributed by atoms with Crippen molar-refractivity contribution < 1.29 is 19.8 Å². The lowest BCUT2D eigenvalue weighted by atomic mass is 9.43. The fourth-order valence-electron chi connectivity index (χ4n) is 5.75. The zero-order chi connectivity index (χ0) is 13.9. The Kier molecular flexibility index (Phi) is 2.80. The first-order valence-electron chi connectivity index (χ1n) is 6.87. The lowest BCUT2D eigenvalue weighted by Gasteiger charge is -2.65. The summed E-state index contributed by atoms with van der Waals surface area (Å²) in [7, 11) is 0. The third-order valence-corrected chi connectivity index (χ3v) is 6.17. The molecule has 4 nitrogen and oxygen atoms in total. The van der Waals surface area contributed by atoms with Crippen molar-refractivity contribution in [1.29, 1.82) is 0 Å². The minimum absolute atomic E-state index is 0.0166. The van der Waals surface area contributed by atoms with E-state index in [1.165, 1.54) is 0 Å². The Hall–Kier alpha value is -0.580. The molecular formula is C14H19BrO4. The molecule has 4 rings (SSSR count). The molecule has 0 radical (unpaired) electrons. The molecule has 4 bridgehead atoms. The fourth-order valence-corrected chi connectivity index (χ4v) is 7.40. The van der Waals surface area contributed by atoms with Gasteiger partial charge in [-0.2, -0.15) is 0 Å². The summed E-state index contributed by atoms with van der Waals surface area (Å²) in [5.41, 5.74) is -0.353. The molecule has 0 aromatic heterocycles. The number of carboxylic acids is 2. The third kappa shape index (κ3) is 2.30. The van der Waals surface area contributed by atoms with Gasteiger partial charge in [0.15, 0.2) is 0 Å². The maximum Gasteiger partial charge on any atom is 0.303 e. The van der Waals surface area contributed by atoms with E-state index in [1.54, 1.807) is 0 Å². The van der Waals surface area contributed by atoms with Crippen molar-refractivity contribution in [3.8, 4) is 0 Å². The molecule has 5 heteroatoms. The summed E-state index contributed by atoms with van der Waals surface area (Å²) in [6, 6.07) is 0. The number of halogens is 1. The van der Waals surface area contributed by atoms with Gasteiger partial charge in [-0.3, -0.25) is 9.59 Å². The standard InChI is InChI=1S/C14H19BrO4/c15-14-3-9-1-12(7-14,4-10(16)17)6-13(2-9,8-14)5-11(18)19/h9H,1-8H2,(H,16,17)(H,18,19)/t9?,12-,13-,14?/m1/s1. The van der Waals surface area contributed by atoms with Crippen molar-refractivity contribution in [3.63, 3.8) is 0 Å². The first kappa shape index (κ1) is 13.4. The molecule has 2 atom stereocenters. The van der Waals surface area contributed by atoms with Crippen LogP contribution < -0.4 is 0 Å². The Balaban J connectivity index is 1.94. The number of hydrogen-bond acceptors (Lipinski definition) is 2. The average molecular weight is 331 g/mol. The van der Waals surface area contributed by atoms with Gasteiger partial charge in [-0.05, 0) is 55.3 Å². The van der Waals surface area contributed by atoms with E-state index < -0.39 is 11.9 Å². The van der Waals surface area contributed by atoms with Gasteiger partial charge in [-0.15, -0.1) is 0 Å². The largest absolute Gasteiger partial charge is 0.481 e. The molecular weight excluding hydrogens is 312 g/mol. The monoisotopic (exact) mass is 330 g/mol. The average Bonchev–Trinajstić information content (AvgIpc) is 2.06. The summed E-state index contributed by atoms with van der Waals surface area (Å²) in [5.74, 6) is -0.999.